The number of rotatable bonds is 3. The Kier molecular flexibility index (Phi) is 4.43. The molecule has 0 spiro atoms. The van der Waals surface area contributed by atoms with Crippen LogP contribution in [0.25, 0.3) is 0 Å². The van der Waals surface area contributed by atoms with Crippen molar-refractivity contribution in [2.45, 2.75) is 70.4 Å². The second-order valence-corrected chi connectivity index (χ2v) is 6.18. The summed E-state index contributed by atoms with van der Waals surface area (Å²) in [5.74, 6) is 1.56. The first-order valence-corrected chi connectivity index (χ1v) is 7.18. The van der Waals surface area contributed by atoms with Crippen molar-refractivity contribution in [1.29, 1.82) is 0 Å². The minimum Gasteiger partial charge on any atom is -0.353 e. The van der Waals surface area contributed by atoms with Gasteiger partial charge in [-0.25, -0.2) is 0 Å². The minimum absolute atomic E-state index is 0.253. The third kappa shape index (κ3) is 3.98. The molecule has 0 aromatic rings. The Morgan fingerprint density at radius 3 is 2.71 bits per heavy atom. The summed E-state index contributed by atoms with van der Waals surface area (Å²) in [5.41, 5.74) is 5.95. The second kappa shape index (κ2) is 5.85. The molecule has 2 fully saturated rings. The predicted molar refractivity (Wildman–Crippen MR) is 69.5 cm³/mol. The van der Waals surface area contributed by atoms with Crippen molar-refractivity contribution in [3.8, 4) is 0 Å². The first kappa shape index (κ1) is 12.9. The highest BCUT2D eigenvalue weighted by atomic mass is 16.1. The van der Waals surface area contributed by atoms with Gasteiger partial charge in [0.05, 0.1) is 0 Å². The lowest BCUT2D eigenvalue weighted by molar-refractivity contribution is -0.122. The number of hydrogen-bond acceptors (Lipinski definition) is 2. The van der Waals surface area contributed by atoms with Crippen molar-refractivity contribution in [2.24, 2.45) is 17.6 Å². The first-order valence-electron chi connectivity index (χ1n) is 7.18. The molecular weight excluding hydrogens is 212 g/mol. The fraction of sp³-hybridized carbons (Fsp3) is 0.929. The molecule has 4 unspecified atom stereocenters. The molecule has 3 heteroatoms. The lowest BCUT2D eigenvalue weighted by Crippen LogP contribution is -2.36. The van der Waals surface area contributed by atoms with Gasteiger partial charge in [-0.3, -0.25) is 4.79 Å². The number of nitrogens with two attached hydrogens (primary N) is 1. The second-order valence-electron chi connectivity index (χ2n) is 6.18. The summed E-state index contributed by atoms with van der Waals surface area (Å²) in [6, 6.07) is 0.766. The van der Waals surface area contributed by atoms with E-state index >= 15 is 0 Å². The zero-order valence-electron chi connectivity index (χ0n) is 11.0. The van der Waals surface area contributed by atoms with Crippen LogP contribution in [0.5, 0.6) is 0 Å². The molecular formula is C14H26N2O. The minimum atomic E-state index is 0.253. The van der Waals surface area contributed by atoms with Gasteiger partial charge in [0, 0.05) is 18.5 Å². The molecule has 0 saturated heterocycles. The molecule has 2 saturated carbocycles. The van der Waals surface area contributed by atoms with Gasteiger partial charge in [0.2, 0.25) is 5.91 Å². The Hall–Kier alpha value is -0.570. The molecule has 2 aliphatic carbocycles. The third-order valence-corrected chi connectivity index (χ3v) is 4.36. The number of nitrogens with one attached hydrogen (secondary N) is 1. The number of amides is 1. The predicted octanol–water partition coefficient (Wildman–Crippen LogP) is 2.20. The van der Waals surface area contributed by atoms with Gasteiger partial charge in [-0.15, -0.1) is 0 Å². The van der Waals surface area contributed by atoms with E-state index < -0.39 is 0 Å². The molecule has 0 aliphatic heterocycles. The van der Waals surface area contributed by atoms with E-state index in [9.17, 15) is 4.79 Å². The standard InChI is InChI=1S/C14H26N2O/c1-10-5-6-13(7-10)16-14(17)9-11-3-2-4-12(15)8-11/h10-13H,2-9,15H2,1H3,(H,16,17). The van der Waals surface area contributed by atoms with Crippen LogP contribution < -0.4 is 11.1 Å². The highest BCUT2D eigenvalue weighted by molar-refractivity contribution is 5.76. The molecule has 0 bridgehead atoms. The fourth-order valence-electron chi connectivity index (χ4n) is 3.40. The van der Waals surface area contributed by atoms with Crippen molar-refractivity contribution in [3.63, 3.8) is 0 Å². The Balaban J connectivity index is 1.69. The zero-order valence-corrected chi connectivity index (χ0v) is 11.0. The van der Waals surface area contributed by atoms with Gasteiger partial charge in [-0.05, 0) is 50.4 Å². The van der Waals surface area contributed by atoms with Crippen LogP contribution in [0.4, 0.5) is 0 Å². The summed E-state index contributed by atoms with van der Waals surface area (Å²) in [6.07, 6.45) is 8.83. The molecule has 4 atom stereocenters. The molecule has 0 aromatic carbocycles. The monoisotopic (exact) mass is 238 g/mol. The summed E-state index contributed by atoms with van der Waals surface area (Å²) in [4.78, 5) is 11.9. The highest BCUT2D eigenvalue weighted by Crippen LogP contribution is 2.27. The lowest BCUT2D eigenvalue weighted by Gasteiger charge is -2.26. The number of carbonyl (C=O) groups excluding carboxylic acids is 1. The molecule has 1 amide bonds. The molecule has 17 heavy (non-hydrogen) atoms. The molecule has 2 rings (SSSR count). The van der Waals surface area contributed by atoms with E-state index in [1.807, 2.05) is 0 Å². The van der Waals surface area contributed by atoms with Crippen molar-refractivity contribution in [3.05, 3.63) is 0 Å². The quantitative estimate of drug-likeness (QED) is 0.792. The summed E-state index contributed by atoms with van der Waals surface area (Å²) < 4.78 is 0. The normalized spacial score (nSPS) is 38.0. The number of carbonyl (C=O) groups is 1. The van der Waals surface area contributed by atoms with Crippen molar-refractivity contribution < 1.29 is 4.79 Å². The van der Waals surface area contributed by atoms with Crippen molar-refractivity contribution in [1.82, 2.24) is 5.32 Å². The van der Waals surface area contributed by atoms with E-state index in [1.54, 1.807) is 0 Å². The maximum atomic E-state index is 11.9. The van der Waals surface area contributed by atoms with E-state index in [1.165, 1.54) is 19.3 Å². The SMILES string of the molecule is CC1CCC(NC(=O)CC2CCCC(N)C2)C1. The number of hydrogen-bond donors (Lipinski definition) is 2. The highest BCUT2D eigenvalue weighted by Gasteiger charge is 2.25. The van der Waals surface area contributed by atoms with Gasteiger partial charge in [0.15, 0.2) is 0 Å². The average molecular weight is 238 g/mol. The Labute approximate surface area is 105 Å². The summed E-state index contributed by atoms with van der Waals surface area (Å²) in [7, 11) is 0. The largest absolute Gasteiger partial charge is 0.353 e. The van der Waals surface area contributed by atoms with Crippen LogP contribution in [-0.2, 0) is 4.79 Å². The molecule has 0 heterocycles. The van der Waals surface area contributed by atoms with Gasteiger partial charge in [0.25, 0.3) is 0 Å². The summed E-state index contributed by atoms with van der Waals surface area (Å²) >= 11 is 0. The smallest absolute Gasteiger partial charge is 0.220 e. The van der Waals surface area contributed by atoms with Gasteiger partial charge >= 0.3 is 0 Å². The van der Waals surface area contributed by atoms with Gasteiger partial charge < -0.3 is 11.1 Å². The average Bonchev–Trinajstić information content (AvgIpc) is 2.63. The van der Waals surface area contributed by atoms with E-state index in [-0.39, 0.29) is 5.91 Å². The van der Waals surface area contributed by atoms with E-state index in [0.29, 0.717) is 24.4 Å². The molecule has 3 nitrogen and oxygen atoms in total. The van der Waals surface area contributed by atoms with E-state index in [2.05, 4.69) is 12.2 Å². The van der Waals surface area contributed by atoms with Crippen LogP contribution in [-0.4, -0.2) is 18.0 Å². The maximum absolute atomic E-state index is 11.9. The lowest BCUT2D eigenvalue weighted by atomic mass is 9.84. The van der Waals surface area contributed by atoms with Crippen LogP contribution >= 0.6 is 0 Å². The van der Waals surface area contributed by atoms with Crippen LogP contribution in [0.3, 0.4) is 0 Å². The van der Waals surface area contributed by atoms with Crippen LogP contribution in [0.1, 0.15) is 58.3 Å². The van der Waals surface area contributed by atoms with Crippen molar-refractivity contribution in [2.75, 3.05) is 0 Å². The molecule has 0 radical (unpaired) electrons. The zero-order chi connectivity index (χ0) is 12.3. The topological polar surface area (TPSA) is 55.1 Å². The molecule has 3 N–H and O–H groups in total. The molecule has 0 aromatic heterocycles. The van der Waals surface area contributed by atoms with Gasteiger partial charge in [0.1, 0.15) is 0 Å². The Morgan fingerprint density at radius 2 is 2.06 bits per heavy atom. The van der Waals surface area contributed by atoms with Gasteiger partial charge in [-0.1, -0.05) is 13.3 Å². The third-order valence-electron chi connectivity index (χ3n) is 4.36. The Bertz CT molecular complexity index is 267. The van der Waals surface area contributed by atoms with Crippen LogP contribution in [0, 0.1) is 11.8 Å². The molecule has 2 aliphatic rings. The first-order chi connectivity index (χ1) is 8.13. The van der Waals surface area contributed by atoms with Gasteiger partial charge in [-0.2, -0.15) is 0 Å². The maximum Gasteiger partial charge on any atom is 0.220 e. The summed E-state index contributed by atoms with van der Waals surface area (Å²) in [5, 5.41) is 3.19. The summed E-state index contributed by atoms with van der Waals surface area (Å²) in [6.45, 7) is 2.27. The van der Waals surface area contributed by atoms with Crippen molar-refractivity contribution >= 4 is 5.91 Å². The fourth-order valence-corrected chi connectivity index (χ4v) is 3.40. The van der Waals surface area contributed by atoms with E-state index in [4.69, 9.17) is 5.73 Å². The Morgan fingerprint density at radius 1 is 1.24 bits per heavy atom. The van der Waals surface area contributed by atoms with Crippen LogP contribution in [0.15, 0.2) is 0 Å². The van der Waals surface area contributed by atoms with E-state index in [0.717, 1.165) is 31.6 Å². The van der Waals surface area contributed by atoms with Crippen LogP contribution in [0.2, 0.25) is 0 Å². The molecule has 98 valence electrons.